The van der Waals surface area contributed by atoms with Crippen molar-refractivity contribution in [1.29, 1.82) is 0 Å². The van der Waals surface area contributed by atoms with E-state index in [0.717, 1.165) is 17.6 Å². The fourth-order valence-corrected chi connectivity index (χ4v) is 1.16. The summed E-state index contributed by atoms with van der Waals surface area (Å²) in [6, 6.07) is 0. The van der Waals surface area contributed by atoms with Gasteiger partial charge in [-0.2, -0.15) is 0 Å². The van der Waals surface area contributed by atoms with Crippen LogP contribution in [0.25, 0.3) is 0 Å². The molecule has 0 aromatic carbocycles. The molecule has 0 saturated carbocycles. The molecule has 0 aliphatic heterocycles. The van der Waals surface area contributed by atoms with E-state index in [1.807, 2.05) is 26.0 Å². The van der Waals surface area contributed by atoms with E-state index in [2.05, 4.69) is 6.58 Å². The molecular formula is C11H16O. The summed E-state index contributed by atoms with van der Waals surface area (Å²) in [5.74, 6) is 0.118. The van der Waals surface area contributed by atoms with Gasteiger partial charge < -0.3 is 0 Å². The van der Waals surface area contributed by atoms with Gasteiger partial charge in [-0.3, -0.25) is 4.79 Å². The molecule has 1 nitrogen and oxygen atoms in total. The fraction of sp³-hybridized carbons (Fsp3) is 0.364. The highest BCUT2D eigenvalue weighted by molar-refractivity contribution is 5.97. The first-order chi connectivity index (χ1) is 5.67. The molecule has 0 aromatic heterocycles. The predicted octanol–water partition coefficient (Wildman–Crippen LogP) is 3.04. The molecule has 0 aliphatic carbocycles. The van der Waals surface area contributed by atoms with E-state index in [1.165, 1.54) is 0 Å². The molecular weight excluding hydrogens is 148 g/mol. The molecule has 0 aromatic rings. The highest BCUT2D eigenvalue weighted by Crippen LogP contribution is 2.14. The first-order valence-corrected chi connectivity index (χ1v) is 4.16. The van der Waals surface area contributed by atoms with Crippen molar-refractivity contribution in [3.8, 4) is 0 Å². The lowest BCUT2D eigenvalue weighted by atomic mass is 10.00. The first kappa shape index (κ1) is 10.9. The van der Waals surface area contributed by atoms with Crippen LogP contribution in [0, 0.1) is 0 Å². The minimum atomic E-state index is 0.118. The van der Waals surface area contributed by atoms with E-state index in [0.29, 0.717) is 0 Å². The molecule has 0 saturated heterocycles. The number of allylic oxidation sites excluding steroid dienone is 5. The van der Waals surface area contributed by atoms with Crippen LogP contribution in [-0.4, -0.2) is 5.78 Å². The fourth-order valence-electron chi connectivity index (χ4n) is 1.16. The normalized spacial score (nSPS) is 12.9. The Bertz CT molecular complexity index is 231. The van der Waals surface area contributed by atoms with Crippen molar-refractivity contribution >= 4 is 5.78 Å². The van der Waals surface area contributed by atoms with E-state index >= 15 is 0 Å². The lowest BCUT2D eigenvalue weighted by Gasteiger charge is -2.04. The van der Waals surface area contributed by atoms with Crippen LogP contribution in [0.1, 0.15) is 27.2 Å². The molecule has 12 heavy (non-hydrogen) atoms. The van der Waals surface area contributed by atoms with E-state index < -0.39 is 0 Å². The van der Waals surface area contributed by atoms with Crippen LogP contribution < -0.4 is 0 Å². The molecule has 0 fully saturated rings. The lowest BCUT2D eigenvalue weighted by molar-refractivity contribution is -0.113. The smallest absolute Gasteiger partial charge is 0.159 e. The van der Waals surface area contributed by atoms with Gasteiger partial charge in [-0.1, -0.05) is 31.7 Å². The minimum Gasteiger partial charge on any atom is -0.295 e. The van der Waals surface area contributed by atoms with Gasteiger partial charge in [0.2, 0.25) is 0 Å². The topological polar surface area (TPSA) is 17.1 Å². The number of carbonyl (C=O) groups is 1. The van der Waals surface area contributed by atoms with Gasteiger partial charge in [0.25, 0.3) is 0 Å². The maximum Gasteiger partial charge on any atom is 0.159 e. The molecule has 0 N–H and O–H groups in total. The molecule has 0 aliphatic rings. The summed E-state index contributed by atoms with van der Waals surface area (Å²) in [6.07, 6.45) is 6.31. The number of carbonyl (C=O) groups excluding carboxylic acids is 1. The Morgan fingerprint density at radius 2 is 2.08 bits per heavy atom. The van der Waals surface area contributed by atoms with Crippen LogP contribution in [0.2, 0.25) is 0 Å². The summed E-state index contributed by atoms with van der Waals surface area (Å²) in [7, 11) is 0. The quantitative estimate of drug-likeness (QED) is 0.461. The van der Waals surface area contributed by atoms with E-state index in [9.17, 15) is 4.79 Å². The Kier molecular flexibility index (Phi) is 5.02. The lowest BCUT2D eigenvalue weighted by Crippen LogP contribution is -1.99. The third-order valence-corrected chi connectivity index (χ3v) is 1.71. The van der Waals surface area contributed by atoms with E-state index in [-0.39, 0.29) is 5.78 Å². The van der Waals surface area contributed by atoms with Crippen LogP contribution in [0.5, 0.6) is 0 Å². The second kappa shape index (κ2) is 5.53. The number of Topliss-reactive ketones (excluding diaryl/α,β-unsaturated/α-hetero) is 1. The van der Waals surface area contributed by atoms with Crippen LogP contribution in [0.4, 0.5) is 0 Å². The molecule has 66 valence electrons. The highest BCUT2D eigenvalue weighted by Gasteiger charge is 2.05. The van der Waals surface area contributed by atoms with Crippen molar-refractivity contribution in [2.24, 2.45) is 0 Å². The molecule has 1 heteroatoms. The standard InChI is InChI=1S/C11H16O/c1-5-8-10(6-2)11(7-3)9(4)12/h5,7-8H,1,6H2,2-4H3/b10-8-,11-7-. The number of hydrogen-bond donors (Lipinski definition) is 0. The Balaban J connectivity index is 4.82. The predicted molar refractivity (Wildman–Crippen MR) is 53.0 cm³/mol. The van der Waals surface area contributed by atoms with Gasteiger partial charge in [-0.05, 0) is 25.8 Å². The van der Waals surface area contributed by atoms with Crippen molar-refractivity contribution < 1.29 is 4.79 Å². The summed E-state index contributed by atoms with van der Waals surface area (Å²) in [6.45, 7) is 9.10. The second-order valence-electron chi connectivity index (χ2n) is 2.54. The molecule has 0 unspecified atom stereocenters. The van der Waals surface area contributed by atoms with Gasteiger partial charge in [-0.25, -0.2) is 0 Å². The van der Waals surface area contributed by atoms with Gasteiger partial charge >= 0.3 is 0 Å². The second-order valence-corrected chi connectivity index (χ2v) is 2.54. The minimum absolute atomic E-state index is 0.118. The Hall–Kier alpha value is -1.11. The van der Waals surface area contributed by atoms with Crippen molar-refractivity contribution in [2.75, 3.05) is 0 Å². The Labute approximate surface area is 74.5 Å². The third-order valence-electron chi connectivity index (χ3n) is 1.71. The van der Waals surface area contributed by atoms with Gasteiger partial charge in [0.05, 0.1) is 0 Å². The number of ketones is 1. The summed E-state index contributed by atoms with van der Waals surface area (Å²) in [5, 5.41) is 0. The Morgan fingerprint density at radius 3 is 2.33 bits per heavy atom. The highest BCUT2D eigenvalue weighted by atomic mass is 16.1. The van der Waals surface area contributed by atoms with Gasteiger partial charge in [0.1, 0.15) is 0 Å². The zero-order valence-electron chi connectivity index (χ0n) is 8.05. The molecule has 0 radical (unpaired) electrons. The largest absolute Gasteiger partial charge is 0.295 e. The molecule has 0 rings (SSSR count). The molecule has 0 heterocycles. The van der Waals surface area contributed by atoms with Crippen LogP contribution in [0.3, 0.4) is 0 Å². The summed E-state index contributed by atoms with van der Waals surface area (Å²) < 4.78 is 0. The summed E-state index contributed by atoms with van der Waals surface area (Å²) >= 11 is 0. The zero-order chi connectivity index (χ0) is 9.56. The van der Waals surface area contributed by atoms with Crippen molar-refractivity contribution in [1.82, 2.24) is 0 Å². The average molecular weight is 164 g/mol. The Morgan fingerprint density at radius 1 is 1.50 bits per heavy atom. The van der Waals surface area contributed by atoms with Crippen LogP contribution >= 0.6 is 0 Å². The van der Waals surface area contributed by atoms with Gasteiger partial charge in [0, 0.05) is 5.57 Å². The summed E-state index contributed by atoms with van der Waals surface area (Å²) in [5.41, 5.74) is 1.86. The molecule has 0 bridgehead atoms. The van der Waals surface area contributed by atoms with Crippen molar-refractivity contribution in [3.05, 3.63) is 36.0 Å². The number of rotatable bonds is 4. The third kappa shape index (κ3) is 2.87. The maximum absolute atomic E-state index is 11.1. The van der Waals surface area contributed by atoms with Gasteiger partial charge in [-0.15, -0.1) is 0 Å². The first-order valence-electron chi connectivity index (χ1n) is 4.16. The monoisotopic (exact) mass is 164 g/mol. The zero-order valence-corrected chi connectivity index (χ0v) is 8.05. The van der Waals surface area contributed by atoms with E-state index in [1.54, 1.807) is 13.0 Å². The number of hydrogen-bond acceptors (Lipinski definition) is 1. The van der Waals surface area contributed by atoms with E-state index in [4.69, 9.17) is 0 Å². The molecule has 0 spiro atoms. The van der Waals surface area contributed by atoms with Gasteiger partial charge in [0.15, 0.2) is 5.78 Å². The van der Waals surface area contributed by atoms with Crippen LogP contribution in [-0.2, 0) is 4.79 Å². The van der Waals surface area contributed by atoms with Crippen molar-refractivity contribution in [3.63, 3.8) is 0 Å². The molecule has 0 atom stereocenters. The molecule has 0 amide bonds. The average Bonchev–Trinajstić information content (AvgIpc) is 2.03. The SMILES string of the molecule is C=C/C=C(CC)\C(=C/C)C(C)=O. The summed E-state index contributed by atoms with van der Waals surface area (Å²) in [4.78, 5) is 11.1. The van der Waals surface area contributed by atoms with Crippen LogP contribution in [0.15, 0.2) is 36.0 Å². The maximum atomic E-state index is 11.1. The van der Waals surface area contributed by atoms with Crippen molar-refractivity contribution in [2.45, 2.75) is 27.2 Å².